The molecule has 2 unspecified atom stereocenters. The van der Waals surface area contributed by atoms with Crippen molar-refractivity contribution in [1.82, 2.24) is 4.98 Å². The summed E-state index contributed by atoms with van der Waals surface area (Å²) in [5.74, 6) is -1.36. The van der Waals surface area contributed by atoms with Gasteiger partial charge in [0.05, 0.1) is 23.4 Å². The first-order chi connectivity index (χ1) is 14.9. The minimum atomic E-state index is -1.36. The number of carbonyl (C=O) groups excluding carboxylic acids is 1. The monoisotopic (exact) mass is 443 g/mol. The first-order valence-electron chi connectivity index (χ1n) is 10.3. The van der Waals surface area contributed by atoms with Gasteiger partial charge in [-0.15, -0.1) is 0 Å². The van der Waals surface area contributed by atoms with Gasteiger partial charge in [-0.25, -0.2) is 4.39 Å². The molecule has 7 heteroatoms. The Morgan fingerprint density at radius 3 is 2.50 bits per heavy atom. The van der Waals surface area contributed by atoms with Gasteiger partial charge in [-0.3, -0.25) is 4.98 Å². The molecule has 2 aromatic carbocycles. The summed E-state index contributed by atoms with van der Waals surface area (Å²) in [6.45, 7) is 0. The molecule has 1 aliphatic carbocycles. The molecular formula is C25H23FNNaO4. The molecule has 0 aliphatic heterocycles. The molecule has 160 valence electrons. The quantitative estimate of drug-likeness (QED) is 0.485. The third-order valence-corrected chi connectivity index (χ3v) is 5.46. The van der Waals surface area contributed by atoms with Gasteiger partial charge < -0.3 is 20.1 Å². The van der Waals surface area contributed by atoms with Crippen LogP contribution in [0.3, 0.4) is 0 Å². The second-order valence-electron chi connectivity index (χ2n) is 7.98. The van der Waals surface area contributed by atoms with Gasteiger partial charge in [0.15, 0.2) is 0 Å². The zero-order chi connectivity index (χ0) is 22.0. The van der Waals surface area contributed by atoms with Crippen molar-refractivity contribution in [2.75, 3.05) is 0 Å². The van der Waals surface area contributed by atoms with Crippen molar-refractivity contribution in [1.29, 1.82) is 0 Å². The van der Waals surface area contributed by atoms with E-state index in [1.54, 1.807) is 24.3 Å². The number of para-hydroxylation sites is 1. The van der Waals surface area contributed by atoms with Crippen LogP contribution in [0, 0.1) is 5.82 Å². The van der Waals surface area contributed by atoms with Crippen LogP contribution in [-0.4, -0.2) is 33.4 Å². The zero-order valence-corrected chi connectivity index (χ0v) is 19.9. The molecule has 0 radical (unpaired) electrons. The van der Waals surface area contributed by atoms with Gasteiger partial charge >= 0.3 is 29.6 Å². The molecule has 1 aromatic heterocycles. The van der Waals surface area contributed by atoms with E-state index in [1.165, 1.54) is 12.1 Å². The zero-order valence-electron chi connectivity index (χ0n) is 17.9. The Morgan fingerprint density at radius 1 is 1.16 bits per heavy atom. The Kier molecular flexibility index (Phi) is 8.20. The van der Waals surface area contributed by atoms with Gasteiger partial charge in [-0.2, -0.15) is 0 Å². The first-order valence-corrected chi connectivity index (χ1v) is 10.3. The predicted molar refractivity (Wildman–Crippen MR) is 114 cm³/mol. The molecule has 1 fully saturated rings. The van der Waals surface area contributed by atoms with Crippen molar-refractivity contribution in [2.24, 2.45) is 0 Å². The number of aromatic nitrogens is 1. The summed E-state index contributed by atoms with van der Waals surface area (Å²) in [7, 11) is 0. The van der Waals surface area contributed by atoms with E-state index in [-0.39, 0.29) is 41.8 Å². The van der Waals surface area contributed by atoms with Crippen LogP contribution in [0.2, 0.25) is 0 Å². The number of pyridine rings is 1. The largest absolute Gasteiger partial charge is 1.00 e. The number of hydrogen-bond donors (Lipinski definition) is 2. The SMILES string of the molecule is O=C([O-])CC(O)CC(O)C=Cc1c(C2CC2)nc2ccccc2c1-c1ccc(F)cc1.[Na+]. The summed E-state index contributed by atoms with van der Waals surface area (Å²) in [5, 5.41) is 31.7. The molecular weight excluding hydrogens is 420 g/mol. The van der Waals surface area contributed by atoms with Crippen molar-refractivity contribution in [3.63, 3.8) is 0 Å². The van der Waals surface area contributed by atoms with Gasteiger partial charge in [0, 0.05) is 41.2 Å². The van der Waals surface area contributed by atoms with E-state index in [0.29, 0.717) is 5.92 Å². The van der Waals surface area contributed by atoms with E-state index in [4.69, 9.17) is 4.98 Å². The maximum atomic E-state index is 13.6. The standard InChI is InChI=1S/C25H24FNO4.Na/c26-17-9-7-15(8-10-17)24-20-3-1-2-4-22(20)27-25(16-5-6-16)21(24)12-11-18(28)13-19(29)14-23(30)31;/h1-4,7-12,16,18-19,28-29H,5-6,13-14H2,(H,30,31);/q;+1/p-1. The maximum absolute atomic E-state index is 13.6. The third-order valence-electron chi connectivity index (χ3n) is 5.46. The molecule has 4 rings (SSSR count). The van der Waals surface area contributed by atoms with Crippen molar-refractivity contribution in [3.8, 4) is 11.1 Å². The van der Waals surface area contributed by atoms with Crippen LogP contribution in [0.1, 0.15) is 42.9 Å². The Hall–Kier alpha value is -2.09. The number of rotatable bonds is 8. The molecule has 1 saturated carbocycles. The van der Waals surface area contributed by atoms with Gasteiger partial charge in [0.25, 0.3) is 0 Å². The van der Waals surface area contributed by atoms with E-state index in [9.17, 15) is 24.5 Å². The van der Waals surface area contributed by atoms with E-state index < -0.39 is 24.6 Å². The normalized spacial score (nSPS) is 15.5. The van der Waals surface area contributed by atoms with Gasteiger partial charge in [-0.05, 0) is 36.6 Å². The van der Waals surface area contributed by atoms with Crippen LogP contribution >= 0.6 is 0 Å². The average molecular weight is 443 g/mol. The third kappa shape index (κ3) is 5.82. The summed E-state index contributed by atoms with van der Waals surface area (Å²) in [6, 6.07) is 14.1. The van der Waals surface area contributed by atoms with Gasteiger partial charge in [0.1, 0.15) is 5.82 Å². The number of aliphatic hydroxyl groups is 2. The topological polar surface area (TPSA) is 93.5 Å². The number of benzene rings is 2. The summed E-state index contributed by atoms with van der Waals surface area (Å²) in [5.41, 5.74) is 4.38. The van der Waals surface area contributed by atoms with E-state index >= 15 is 0 Å². The smallest absolute Gasteiger partial charge is 0.550 e. The maximum Gasteiger partial charge on any atom is 1.00 e. The summed E-state index contributed by atoms with van der Waals surface area (Å²) >= 11 is 0. The minimum absolute atomic E-state index is 0. The molecule has 0 bridgehead atoms. The van der Waals surface area contributed by atoms with Crippen molar-refractivity contribution < 1.29 is 54.1 Å². The van der Waals surface area contributed by atoms with E-state index in [1.807, 2.05) is 24.3 Å². The molecule has 0 spiro atoms. The van der Waals surface area contributed by atoms with Crippen LogP contribution < -0.4 is 34.7 Å². The second-order valence-corrected chi connectivity index (χ2v) is 7.98. The van der Waals surface area contributed by atoms with Gasteiger partial charge in [0.2, 0.25) is 0 Å². The first kappa shape index (κ1) is 24.6. The molecule has 32 heavy (non-hydrogen) atoms. The summed E-state index contributed by atoms with van der Waals surface area (Å²) in [6.07, 6.45) is 2.51. The number of carboxylic acid groups (broad SMARTS) is 1. The number of halogens is 1. The number of fused-ring (bicyclic) bond motifs is 1. The Labute approximate surface area is 207 Å². The predicted octanol–water partition coefficient (Wildman–Crippen LogP) is 0.187. The van der Waals surface area contributed by atoms with Crippen LogP contribution in [0.25, 0.3) is 28.1 Å². The number of aliphatic carboxylic acids is 1. The fourth-order valence-corrected chi connectivity index (χ4v) is 3.85. The summed E-state index contributed by atoms with van der Waals surface area (Å²) < 4.78 is 13.6. The second kappa shape index (κ2) is 10.7. The van der Waals surface area contributed by atoms with Crippen LogP contribution in [-0.2, 0) is 4.79 Å². The number of carboxylic acids is 1. The van der Waals surface area contributed by atoms with E-state index in [2.05, 4.69) is 0 Å². The Balaban J connectivity index is 0.00000289. The fraction of sp³-hybridized carbons (Fsp3) is 0.280. The van der Waals surface area contributed by atoms with Crippen molar-refractivity contribution >= 4 is 22.9 Å². The average Bonchev–Trinajstić information content (AvgIpc) is 3.56. The van der Waals surface area contributed by atoms with Crippen molar-refractivity contribution in [2.45, 2.75) is 43.8 Å². The van der Waals surface area contributed by atoms with Crippen LogP contribution in [0.5, 0.6) is 0 Å². The Bertz CT molecular complexity index is 1130. The molecule has 1 aliphatic rings. The number of hydrogen-bond acceptors (Lipinski definition) is 5. The fourth-order valence-electron chi connectivity index (χ4n) is 3.85. The number of nitrogens with zero attached hydrogens (tertiary/aromatic N) is 1. The number of aliphatic hydroxyl groups excluding tert-OH is 2. The van der Waals surface area contributed by atoms with Crippen LogP contribution in [0.15, 0.2) is 54.6 Å². The molecule has 5 nitrogen and oxygen atoms in total. The molecule has 3 aromatic rings. The van der Waals surface area contributed by atoms with Crippen LogP contribution in [0.4, 0.5) is 4.39 Å². The summed E-state index contributed by atoms with van der Waals surface area (Å²) in [4.78, 5) is 15.5. The molecule has 1 heterocycles. The van der Waals surface area contributed by atoms with Gasteiger partial charge in [-0.1, -0.05) is 42.5 Å². The Morgan fingerprint density at radius 2 is 1.84 bits per heavy atom. The molecule has 0 amide bonds. The number of carbonyl (C=O) groups is 1. The molecule has 2 N–H and O–H groups in total. The molecule has 2 atom stereocenters. The van der Waals surface area contributed by atoms with E-state index in [0.717, 1.165) is 46.1 Å². The molecule has 0 saturated heterocycles. The van der Waals surface area contributed by atoms with Crippen molar-refractivity contribution in [3.05, 3.63) is 71.7 Å². The minimum Gasteiger partial charge on any atom is -0.550 e.